The van der Waals surface area contributed by atoms with Gasteiger partial charge < -0.3 is 10.5 Å². The molecule has 2 nitrogen and oxygen atoms in total. The molecule has 0 aliphatic carbocycles. The molecule has 0 saturated carbocycles. The van der Waals surface area contributed by atoms with Crippen LogP contribution in [0.25, 0.3) is 0 Å². The van der Waals surface area contributed by atoms with Gasteiger partial charge in [-0.2, -0.15) is 0 Å². The Balaban J connectivity index is 1.88. The fourth-order valence-corrected chi connectivity index (χ4v) is 4.25. The summed E-state index contributed by atoms with van der Waals surface area (Å²) in [6.07, 6.45) is 1.96. The highest BCUT2D eigenvalue weighted by molar-refractivity contribution is 9.10. The van der Waals surface area contributed by atoms with Gasteiger partial charge in [0.15, 0.2) is 0 Å². The predicted molar refractivity (Wildman–Crippen MR) is 82.9 cm³/mol. The predicted octanol–water partition coefficient (Wildman–Crippen LogP) is 3.63. The van der Waals surface area contributed by atoms with Gasteiger partial charge in [0, 0.05) is 21.3 Å². The van der Waals surface area contributed by atoms with Gasteiger partial charge in [0.2, 0.25) is 0 Å². The molecule has 2 heterocycles. The summed E-state index contributed by atoms with van der Waals surface area (Å²) in [7, 11) is 0. The van der Waals surface area contributed by atoms with Crippen LogP contribution in [-0.4, -0.2) is 13.2 Å². The minimum absolute atomic E-state index is 0.0156. The van der Waals surface area contributed by atoms with Gasteiger partial charge in [0.05, 0.1) is 6.61 Å². The molecule has 1 aliphatic heterocycles. The average Bonchev–Trinajstić information content (AvgIpc) is 2.84. The van der Waals surface area contributed by atoms with Gasteiger partial charge >= 0.3 is 0 Å². The van der Waals surface area contributed by atoms with Gasteiger partial charge in [-0.25, -0.2) is 0 Å². The maximum Gasteiger partial charge on any atom is 0.122 e. The van der Waals surface area contributed by atoms with Crippen molar-refractivity contribution in [3.05, 3.63) is 50.6 Å². The number of thiophene rings is 1. The van der Waals surface area contributed by atoms with Crippen molar-refractivity contribution in [3.8, 4) is 5.75 Å². The van der Waals surface area contributed by atoms with E-state index < -0.39 is 0 Å². The number of para-hydroxylation sites is 1. The third-order valence-electron chi connectivity index (χ3n) is 3.73. The van der Waals surface area contributed by atoms with E-state index in [1.807, 2.05) is 12.1 Å². The summed E-state index contributed by atoms with van der Waals surface area (Å²) < 4.78 is 7.11. The molecule has 1 aliphatic rings. The minimum Gasteiger partial charge on any atom is -0.493 e. The summed E-state index contributed by atoms with van der Waals surface area (Å²) in [5.41, 5.74) is 7.36. The number of hydrogen-bond acceptors (Lipinski definition) is 3. The highest BCUT2D eigenvalue weighted by Crippen LogP contribution is 2.38. The van der Waals surface area contributed by atoms with Crippen LogP contribution in [0, 0.1) is 5.41 Å². The Hall–Kier alpha value is -0.840. The fourth-order valence-electron chi connectivity index (χ4n) is 2.59. The maximum absolute atomic E-state index is 6.07. The Labute approximate surface area is 125 Å². The van der Waals surface area contributed by atoms with Gasteiger partial charge in [-0.05, 0) is 51.8 Å². The molecule has 1 atom stereocenters. The topological polar surface area (TPSA) is 35.2 Å². The largest absolute Gasteiger partial charge is 0.493 e. The van der Waals surface area contributed by atoms with Crippen molar-refractivity contribution in [2.24, 2.45) is 11.1 Å². The molecule has 0 radical (unpaired) electrons. The number of rotatable bonds is 3. The number of hydrogen-bond donors (Lipinski definition) is 1. The molecule has 2 N–H and O–H groups in total. The van der Waals surface area contributed by atoms with E-state index in [2.05, 4.69) is 39.5 Å². The van der Waals surface area contributed by atoms with E-state index in [9.17, 15) is 0 Å². The summed E-state index contributed by atoms with van der Waals surface area (Å²) in [5, 5.41) is 2.11. The van der Waals surface area contributed by atoms with E-state index in [0.29, 0.717) is 13.2 Å². The lowest BCUT2D eigenvalue weighted by Crippen LogP contribution is -2.43. The third-order valence-corrected chi connectivity index (χ3v) is 5.66. The molecular formula is C15H16BrNOS. The van der Waals surface area contributed by atoms with Gasteiger partial charge in [0.25, 0.3) is 0 Å². The first-order valence-electron chi connectivity index (χ1n) is 6.35. The molecule has 1 unspecified atom stereocenters. The molecule has 1 aromatic carbocycles. The molecule has 100 valence electrons. The molecule has 2 aromatic rings. The second-order valence-electron chi connectivity index (χ2n) is 5.15. The highest BCUT2D eigenvalue weighted by Gasteiger charge is 2.35. The Bertz CT molecular complexity index is 583. The van der Waals surface area contributed by atoms with E-state index >= 15 is 0 Å². The number of halogens is 1. The standard InChI is InChI=1S/C15H16BrNOS/c16-12-5-6-19-14(12)8-15(9-17)7-11-3-1-2-4-13(11)18-10-15/h1-6H,7-10,17H2. The summed E-state index contributed by atoms with van der Waals surface area (Å²) in [6.45, 7) is 1.34. The van der Waals surface area contributed by atoms with Crippen LogP contribution >= 0.6 is 27.3 Å². The Kier molecular flexibility index (Phi) is 3.65. The molecule has 0 bridgehead atoms. The summed E-state index contributed by atoms with van der Waals surface area (Å²) in [5.74, 6) is 1.01. The van der Waals surface area contributed by atoms with E-state index in [1.165, 1.54) is 14.9 Å². The molecule has 19 heavy (non-hydrogen) atoms. The SMILES string of the molecule is NCC1(Cc2sccc2Br)COc2ccccc2C1. The zero-order valence-corrected chi connectivity index (χ0v) is 13.0. The Morgan fingerprint density at radius 3 is 2.89 bits per heavy atom. The first-order chi connectivity index (χ1) is 9.22. The van der Waals surface area contributed by atoms with Gasteiger partial charge in [-0.15, -0.1) is 11.3 Å². The summed E-state index contributed by atoms with van der Waals surface area (Å²) in [6, 6.07) is 10.4. The second-order valence-corrected chi connectivity index (χ2v) is 7.00. The van der Waals surface area contributed by atoms with Crippen LogP contribution < -0.4 is 10.5 Å². The zero-order chi connectivity index (χ0) is 13.3. The molecule has 4 heteroatoms. The minimum atomic E-state index is 0.0156. The molecule has 0 saturated heterocycles. The zero-order valence-electron chi connectivity index (χ0n) is 10.6. The molecule has 3 rings (SSSR count). The first-order valence-corrected chi connectivity index (χ1v) is 8.02. The Morgan fingerprint density at radius 2 is 2.16 bits per heavy atom. The van der Waals surface area contributed by atoms with Crippen molar-refractivity contribution in [3.63, 3.8) is 0 Å². The lowest BCUT2D eigenvalue weighted by molar-refractivity contribution is 0.127. The quantitative estimate of drug-likeness (QED) is 0.928. The lowest BCUT2D eigenvalue weighted by atomic mass is 9.77. The van der Waals surface area contributed by atoms with Crippen LogP contribution in [0.3, 0.4) is 0 Å². The van der Waals surface area contributed by atoms with Gasteiger partial charge in [-0.3, -0.25) is 0 Å². The van der Waals surface area contributed by atoms with E-state index in [4.69, 9.17) is 10.5 Å². The summed E-state index contributed by atoms with van der Waals surface area (Å²) in [4.78, 5) is 1.36. The normalized spacial score (nSPS) is 21.8. The van der Waals surface area contributed by atoms with Crippen molar-refractivity contribution in [1.29, 1.82) is 0 Å². The van der Waals surface area contributed by atoms with Crippen LogP contribution in [0.4, 0.5) is 0 Å². The number of benzene rings is 1. The van der Waals surface area contributed by atoms with Crippen LogP contribution in [0.1, 0.15) is 10.4 Å². The second kappa shape index (κ2) is 5.27. The number of ether oxygens (including phenoxy) is 1. The third kappa shape index (κ3) is 2.57. The van der Waals surface area contributed by atoms with Crippen molar-refractivity contribution >= 4 is 27.3 Å². The molecule has 0 fully saturated rings. The van der Waals surface area contributed by atoms with E-state index in [0.717, 1.165) is 18.6 Å². The van der Waals surface area contributed by atoms with Crippen molar-refractivity contribution < 1.29 is 4.74 Å². The van der Waals surface area contributed by atoms with Crippen molar-refractivity contribution in [2.75, 3.05) is 13.2 Å². The van der Waals surface area contributed by atoms with Crippen LogP contribution in [0.5, 0.6) is 5.75 Å². The Morgan fingerprint density at radius 1 is 1.32 bits per heavy atom. The number of nitrogens with two attached hydrogens (primary N) is 1. The molecule has 1 aromatic heterocycles. The van der Waals surface area contributed by atoms with Crippen LogP contribution in [0.2, 0.25) is 0 Å². The number of fused-ring (bicyclic) bond motifs is 1. The average molecular weight is 338 g/mol. The van der Waals surface area contributed by atoms with Crippen LogP contribution in [-0.2, 0) is 12.8 Å². The highest BCUT2D eigenvalue weighted by atomic mass is 79.9. The summed E-state index contributed by atoms with van der Waals surface area (Å²) >= 11 is 5.39. The smallest absolute Gasteiger partial charge is 0.122 e. The van der Waals surface area contributed by atoms with E-state index in [-0.39, 0.29) is 5.41 Å². The van der Waals surface area contributed by atoms with Gasteiger partial charge in [0.1, 0.15) is 5.75 Å². The molecule has 0 spiro atoms. The van der Waals surface area contributed by atoms with Crippen molar-refractivity contribution in [1.82, 2.24) is 0 Å². The maximum atomic E-state index is 6.07. The molecule has 0 amide bonds. The van der Waals surface area contributed by atoms with Crippen LogP contribution in [0.15, 0.2) is 40.2 Å². The van der Waals surface area contributed by atoms with E-state index in [1.54, 1.807) is 11.3 Å². The monoisotopic (exact) mass is 337 g/mol. The van der Waals surface area contributed by atoms with Crippen molar-refractivity contribution in [2.45, 2.75) is 12.8 Å². The van der Waals surface area contributed by atoms with Gasteiger partial charge in [-0.1, -0.05) is 18.2 Å². The fraction of sp³-hybridized carbons (Fsp3) is 0.333. The lowest BCUT2D eigenvalue weighted by Gasteiger charge is -2.37. The first kappa shape index (κ1) is 13.2. The molecular weight excluding hydrogens is 322 g/mol.